The molecule has 4 rings (SSSR count). The van der Waals surface area contributed by atoms with Crippen LogP contribution in [0.4, 0.5) is 0 Å². The van der Waals surface area contributed by atoms with Crippen molar-refractivity contribution in [2.24, 2.45) is 7.05 Å². The molecule has 0 amide bonds. The third-order valence-electron chi connectivity index (χ3n) is 4.64. The van der Waals surface area contributed by atoms with Gasteiger partial charge in [-0.1, -0.05) is 36.4 Å². The Morgan fingerprint density at radius 1 is 1.13 bits per heavy atom. The number of hydrogen-bond donors (Lipinski definition) is 1. The molecule has 0 saturated carbocycles. The minimum Gasteiger partial charge on any atom is -0.379 e. The summed E-state index contributed by atoms with van der Waals surface area (Å²) in [5, 5.41) is 4.90. The lowest BCUT2D eigenvalue weighted by atomic mass is 10.00. The molecule has 0 aliphatic carbocycles. The summed E-state index contributed by atoms with van der Waals surface area (Å²) in [5.74, 6) is 0. The molecule has 1 aromatic heterocycles. The predicted molar refractivity (Wildman–Crippen MR) is 94.7 cm³/mol. The number of hydrogen-bond acceptors (Lipinski definition) is 2. The van der Waals surface area contributed by atoms with E-state index in [1.807, 2.05) is 0 Å². The number of aromatic nitrogens is 1. The van der Waals surface area contributed by atoms with E-state index in [4.69, 9.17) is 4.74 Å². The van der Waals surface area contributed by atoms with Gasteiger partial charge in [0.2, 0.25) is 0 Å². The summed E-state index contributed by atoms with van der Waals surface area (Å²) in [6, 6.07) is 17.8. The van der Waals surface area contributed by atoms with E-state index in [1.54, 1.807) is 0 Å². The summed E-state index contributed by atoms with van der Waals surface area (Å²) < 4.78 is 7.82. The normalized spacial score (nSPS) is 18.4. The molecule has 0 spiro atoms. The summed E-state index contributed by atoms with van der Waals surface area (Å²) in [6.07, 6.45) is 3.27. The van der Waals surface area contributed by atoms with Crippen molar-refractivity contribution < 1.29 is 4.74 Å². The predicted octanol–water partition coefficient (Wildman–Crippen LogP) is 3.38. The Balaban J connectivity index is 1.72. The Morgan fingerprint density at radius 2 is 2.00 bits per heavy atom. The SMILES string of the molecule is Cn1cc(CC2COCCN2)c2cc(-c3ccccc3)ccc21. The molecule has 1 atom stereocenters. The van der Waals surface area contributed by atoms with Crippen LogP contribution in [0.2, 0.25) is 0 Å². The average molecular weight is 306 g/mol. The van der Waals surface area contributed by atoms with Crippen LogP contribution in [0.1, 0.15) is 5.56 Å². The van der Waals surface area contributed by atoms with Gasteiger partial charge < -0.3 is 14.6 Å². The van der Waals surface area contributed by atoms with Crippen LogP contribution in [0.3, 0.4) is 0 Å². The van der Waals surface area contributed by atoms with Crippen LogP contribution < -0.4 is 5.32 Å². The fourth-order valence-corrected chi connectivity index (χ4v) is 3.46. The van der Waals surface area contributed by atoms with Crippen molar-refractivity contribution in [1.29, 1.82) is 0 Å². The lowest BCUT2D eigenvalue weighted by molar-refractivity contribution is 0.0771. The van der Waals surface area contributed by atoms with Gasteiger partial charge in [-0.25, -0.2) is 0 Å². The summed E-state index contributed by atoms with van der Waals surface area (Å²) in [7, 11) is 2.12. The fraction of sp³-hybridized carbons (Fsp3) is 0.300. The number of rotatable bonds is 3. The summed E-state index contributed by atoms with van der Waals surface area (Å²) in [4.78, 5) is 0. The van der Waals surface area contributed by atoms with Gasteiger partial charge in [-0.2, -0.15) is 0 Å². The standard InChI is InChI=1S/C20H22N2O/c1-22-13-17(11-18-14-23-10-9-21-18)19-12-16(7-8-20(19)22)15-5-3-2-4-6-15/h2-8,12-13,18,21H,9-11,14H2,1H3. The molecular weight excluding hydrogens is 284 g/mol. The van der Waals surface area contributed by atoms with Gasteiger partial charge in [-0.05, 0) is 35.2 Å². The summed E-state index contributed by atoms with van der Waals surface area (Å²) in [6.45, 7) is 2.57. The first-order valence-electron chi connectivity index (χ1n) is 8.26. The van der Waals surface area contributed by atoms with Crippen LogP contribution in [0.25, 0.3) is 22.0 Å². The molecule has 2 aromatic carbocycles. The van der Waals surface area contributed by atoms with Crippen molar-refractivity contribution in [1.82, 2.24) is 9.88 Å². The Labute approximate surface area is 136 Å². The molecule has 1 saturated heterocycles. The third kappa shape index (κ3) is 2.90. The van der Waals surface area contributed by atoms with Crippen LogP contribution >= 0.6 is 0 Å². The largest absolute Gasteiger partial charge is 0.379 e. The van der Waals surface area contributed by atoms with Gasteiger partial charge in [0, 0.05) is 36.7 Å². The number of nitrogens with zero attached hydrogens (tertiary/aromatic N) is 1. The Hall–Kier alpha value is -2.10. The fourth-order valence-electron chi connectivity index (χ4n) is 3.46. The Bertz CT molecular complexity index is 801. The van der Waals surface area contributed by atoms with Gasteiger partial charge in [0.05, 0.1) is 13.2 Å². The Morgan fingerprint density at radius 3 is 2.78 bits per heavy atom. The van der Waals surface area contributed by atoms with Gasteiger partial charge in [-0.15, -0.1) is 0 Å². The Kier molecular flexibility index (Phi) is 3.90. The molecular formula is C20H22N2O. The van der Waals surface area contributed by atoms with Crippen LogP contribution in [-0.2, 0) is 18.2 Å². The first kappa shape index (κ1) is 14.5. The zero-order valence-electron chi connectivity index (χ0n) is 13.5. The number of aryl methyl sites for hydroxylation is 1. The van der Waals surface area contributed by atoms with Gasteiger partial charge in [-0.3, -0.25) is 0 Å². The van der Waals surface area contributed by atoms with Crippen LogP contribution in [0.15, 0.2) is 54.7 Å². The number of benzene rings is 2. The lowest BCUT2D eigenvalue weighted by Crippen LogP contribution is -2.42. The molecule has 2 heterocycles. The smallest absolute Gasteiger partial charge is 0.0623 e. The van der Waals surface area contributed by atoms with E-state index >= 15 is 0 Å². The summed E-state index contributed by atoms with van der Waals surface area (Å²) >= 11 is 0. The zero-order chi connectivity index (χ0) is 15.6. The maximum atomic E-state index is 5.60. The molecule has 23 heavy (non-hydrogen) atoms. The summed E-state index contributed by atoms with van der Waals surface area (Å²) in [5.41, 5.74) is 5.22. The van der Waals surface area contributed by atoms with Crippen molar-refractivity contribution in [3.05, 3.63) is 60.3 Å². The molecule has 0 bridgehead atoms. The van der Waals surface area contributed by atoms with E-state index in [9.17, 15) is 0 Å². The molecule has 3 nitrogen and oxygen atoms in total. The maximum Gasteiger partial charge on any atom is 0.0623 e. The molecule has 1 fully saturated rings. The molecule has 1 unspecified atom stereocenters. The third-order valence-corrected chi connectivity index (χ3v) is 4.64. The minimum atomic E-state index is 0.412. The highest BCUT2D eigenvalue weighted by Crippen LogP contribution is 2.28. The van der Waals surface area contributed by atoms with E-state index in [0.29, 0.717) is 6.04 Å². The highest BCUT2D eigenvalue weighted by molar-refractivity contribution is 5.88. The average Bonchev–Trinajstić information content (AvgIpc) is 2.92. The van der Waals surface area contributed by atoms with Crippen LogP contribution in [-0.4, -0.2) is 30.4 Å². The number of nitrogens with one attached hydrogen (secondary N) is 1. The van der Waals surface area contributed by atoms with E-state index in [-0.39, 0.29) is 0 Å². The molecule has 1 N–H and O–H groups in total. The molecule has 3 aromatic rings. The van der Waals surface area contributed by atoms with Gasteiger partial charge in [0.25, 0.3) is 0 Å². The van der Waals surface area contributed by atoms with Crippen molar-refractivity contribution in [2.75, 3.05) is 19.8 Å². The monoisotopic (exact) mass is 306 g/mol. The minimum absolute atomic E-state index is 0.412. The zero-order valence-corrected chi connectivity index (χ0v) is 13.5. The van der Waals surface area contributed by atoms with Crippen molar-refractivity contribution in [3.8, 4) is 11.1 Å². The first-order chi connectivity index (χ1) is 11.3. The van der Waals surface area contributed by atoms with Gasteiger partial charge >= 0.3 is 0 Å². The van der Waals surface area contributed by atoms with E-state index in [1.165, 1.54) is 27.6 Å². The maximum absolute atomic E-state index is 5.60. The van der Waals surface area contributed by atoms with E-state index in [2.05, 4.69) is 71.7 Å². The second kappa shape index (κ2) is 6.19. The van der Waals surface area contributed by atoms with Crippen LogP contribution in [0.5, 0.6) is 0 Å². The lowest BCUT2D eigenvalue weighted by Gasteiger charge is -2.23. The first-order valence-corrected chi connectivity index (χ1v) is 8.26. The highest BCUT2D eigenvalue weighted by Gasteiger charge is 2.16. The quantitative estimate of drug-likeness (QED) is 0.803. The molecule has 118 valence electrons. The van der Waals surface area contributed by atoms with Crippen molar-refractivity contribution in [3.63, 3.8) is 0 Å². The molecule has 0 radical (unpaired) electrons. The second-order valence-corrected chi connectivity index (χ2v) is 6.29. The van der Waals surface area contributed by atoms with E-state index in [0.717, 1.165) is 26.2 Å². The number of fused-ring (bicyclic) bond motifs is 1. The van der Waals surface area contributed by atoms with Crippen molar-refractivity contribution >= 4 is 10.9 Å². The van der Waals surface area contributed by atoms with E-state index < -0.39 is 0 Å². The number of morpholine rings is 1. The van der Waals surface area contributed by atoms with Crippen LogP contribution in [0, 0.1) is 0 Å². The van der Waals surface area contributed by atoms with Crippen molar-refractivity contribution in [2.45, 2.75) is 12.5 Å². The molecule has 1 aliphatic heterocycles. The van der Waals surface area contributed by atoms with Gasteiger partial charge in [0.1, 0.15) is 0 Å². The number of ether oxygens (including phenoxy) is 1. The topological polar surface area (TPSA) is 26.2 Å². The molecule has 3 heteroatoms. The second-order valence-electron chi connectivity index (χ2n) is 6.29. The van der Waals surface area contributed by atoms with Gasteiger partial charge in [0.15, 0.2) is 0 Å². The molecule has 1 aliphatic rings. The highest BCUT2D eigenvalue weighted by atomic mass is 16.5.